The molecule has 0 spiro atoms. The maximum Gasteiger partial charge on any atom is 0.287 e. The molecule has 0 aromatic heterocycles. The molecule has 0 amide bonds. The van der Waals surface area contributed by atoms with Crippen molar-refractivity contribution < 1.29 is 0 Å². The van der Waals surface area contributed by atoms with Crippen molar-refractivity contribution in [2.75, 3.05) is 0 Å². The molecule has 0 saturated heterocycles. The summed E-state index contributed by atoms with van der Waals surface area (Å²) in [5.41, 5.74) is 0. The molecule has 0 bridgehead atoms. The van der Waals surface area contributed by atoms with E-state index in [2.05, 4.69) is 29.5 Å². The largest absolute Gasteiger partial charge is 0.287 e. The molecule has 0 unspecified atom stereocenters. The third-order valence-electron chi connectivity index (χ3n) is 1.25. The molecule has 0 aromatic carbocycles. The molecule has 0 aliphatic heterocycles. The van der Waals surface area contributed by atoms with Crippen molar-refractivity contribution in [3.05, 3.63) is 11.0 Å². The fraction of sp³-hybridized carbons (Fsp3) is 0.750. The van der Waals surface area contributed by atoms with Crippen LogP contribution in [0.2, 0.25) is 11.6 Å². The number of unbranched alkanes of at least 4 members (excludes halogenated alkanes) is 2. The Bertz CT molecular complexity index is 74.6. The summed E-state index contributed by atoms with van der Waals surface area (Å²) in [6.07, 6.45) is 6.32. The highest BCUT2D eigenvalue weighted by atomic mass is 27.2. The summed E-state index contributed by atoms with van der Waals surface area (Å²) in [4.78, 5) is 2.41. The first-order valence-electron chi connectivity index (χ1n) is 3.94. The van der Waals surface area contributed by atoms with Crippen LogP contribution in [0.4, 0.5) is 0 Å². The van der Waals surface area contributed by atoms with Crippen molar-refractivity contribution in [2.24, 2.45) is 0 Å². The topological polar surface area (TPSA) is 0 Å². The monoisotopic (exact) mass is 140 g/mol. The van der Waals surface area contributed by atoms with Gasteiger partial charge < -0.3 is 0 Å². The Labute approximate surface area is 63.4 Å². The molecule has 0 heterocycles. The van der Waals surface area contributed by atoms with Gasteiger partial charge in [0.1, 0.15) is 0 Å². The highest BCUT2D eigenvalue weighted by molar-refractivity contribution is 6.61. The van der Waals surface area contributed by atoms with Crippen molar-refractivity contribution in [1.29, 1.82) is 0 Å². The normalized spacial score (nSPS) is 10.6. The van der Waals surface area contributed by atoms with E-state index in [4.69, 9.17) is 0 Å². The van der Waals surface area contributed by atoms with Crippen molar-refractivity contribution >= 4 is 14.1 Å². The zero-order valence-electron chi connectivity index (χ0n) is 6.85. The first-order valence-corrected chi connectivity index (χ1v) is 6.91. The van der Waals surface area contributed by atoms with E-state index in [9.17, 15) is 0 Å². The van der Waals surface area contributed by atoms with Crippen molar-refractivity contribution in [1.82, 2.24) is 0 Å². The average molecular weight is 140 g/mol. The highest BCUT2D eigenvalue weighted by Gasteiger charge is 1.91. The molecule has 0 saturated carbocycles. The first-order chi connectivity index (χ1) is 4.27. The van der Waals surface area contributed by atoms with Gasteiger partial charge in [-0.2, -0.15) is 0 Å². The molecular weight excluding hydrogens is 123 g/mol. The van der Waals surface area contributed by atoms with Gasteiger partial charge in [-0.15, -0.1) is 22.6 Å². The van der Waals surface area contributed by atoms with E-state index < -0.39 is 14.1 Å². The summed E-state index contributed by atoms with van der Waals surface area (Å²) >= 11 is -0.394. The Hall–Kier alpha value is 0.272. The van der Waals surface area contributed by atoms with Gasteiger partial charge in [0.2, 0.25) is 0 Å². The number of hydrogen-bond donors (Lipinski definition) is 0. The van der Waals surface area contributed by atoms with E-state index >= 15 is 0 Å². The van der Waals surface area contributed by atoms with Gasteiger partial charge in [-0.25, -0.2) is 0 Å². The zero-order chi connectivity index (χ0) is 7.11. The molecule has 0 N–H and O–H groups in total. The van der Waals surface area contributed by atoms with Crippen LogP contribution in [0.3, 0.4) is 0 Å². The van der Waals surface area contributed by atoms with Gasteiger partial charge in [0.25, 0.3) is 14.1 Å². The molecule has 0 radical (unpaired) electrons. The van der Waals surface area contributed by atoms with Gasteiger partial charge in [-0.05, 0) is 6.42 Å². The van der Waals surface area contributed by atoms with Crippen LogP contribution in [0.15, 0.2) is 11.0 Å². The summed E-state index contributed by atoms with van der Waals surface area (Å²) in [7, 11) is 0. The molecule has 0 nitrogen and oxygen atoms in total. The fourth-order valence-corrected chi connectivity index (χ4v) is 1.43. The Morgan fingerprint density at radius 2 is 2.00 bits per heavy atom. The summed E-state index contributed by atoms with van der Waals surface area (Å²) in [6.45, 7) is 2.24. The van der Waals surface area contributed by atoms with E-state index in [1.165, 1.54) is 19.3 Å². The molecule has 1 heteroatoms. The second-order valence-electron chi connectivity index (χ2n) is 2.81. The van der Waals surface area contributed by atoms with Crippen LogP contribution in [0, 0.1) is 0 Å². The molecule has 0 aromatic rings. The van der Waals surface area contributed by atoms with Gasteiger partial charge >= 0.3 is 0 Å². The first kappa shape index (κ1) is 9.27. The minimum Gasteiger partial charge on any atom is -0.149 e. The lowest BCUT2D eigenvalue weighted by atomic mass is 10.2. The molecule has 0 aliphatic rings. The minimum absolute atomic E-state index is 0.394. The van der Waals surface area contributed by atoms with E-state index in [0.29, 0.717) is 0 Å². The minimum atomic E-state index is -0.394. The molecule has 0 atom stereocenters. The standard InChI is InChI=1S/C6H11.2CH3.Al/c1-3-5-6-4-2;;;/h1,3H,4-6H2,2H3;2*1H3;. The molecule has 0 fully saturated rings. The van der Waals surface area contributed by atoms with Gasteiger partial charge in [0, 0.05) is 0 Å². The average Bonchev–Trinajstić information content (AvgIpc) is 1.80. The van der Waals surface area contributed by atoms with Gasteiger partial charge in [0.05, 0.1) is 0 Å². The Morgan fingerprint density at radius 3 is 2.44 bits per heavy atom. The van der Waals surface area contributed by atoms with Crippen LogP contribution < -0.4 is 0 Å². The SMILES string of the molecule is CCCC/C=[CH]/[Al]([CH3])[CH3]. The lowest BCUT2D eigenvalue weighted by molar-refractivity contribution is 0.815. The van der Waals surface area contributed by atoms with E-state index in [-0.39, 0.29) is 0 Å². The lowest BCUT2D eigenvalue weighted by Crippen LogP contribution is -1.91. The van der Waals surface area contributed by atoms with Crippen LogP contribution in [0.1, 0.15) is 26.2 Å². The highest BCUT2D eigenvalue weighted by Crippen LogP contribution is 1.95. The van der Waals surface area contributed by atoms with Crippen LogP contribution in [-0.4, -0.2) is 14.1 Å². The van der Waals surface area contributed by atoms with Crippen LogP contribution >= 0.6 is 0 Å². The van der Waals surface area contributed by atoms with Gasteiger partial charge in [0.15, 0.2) is 0 Å². The maximum atomic E-state index is 2.41. The second-order valence-corrected chi connectivity index (χ2v) is 5.69. The Kier molecular flexibility index (Phi) is 6.59. The molecular formula is C8H17Al. The van der Waals surface area contributed by atoms with E-state index in [1.807, 2.05) is 0 Å². The van der Waals surface area contributed by atoms with Crippen LogP contribution in [0.25, 0.3) is 0 Å². The zero-order valence-corrected chi connectivity index (χ0v) is 8.01. The summed E-state index contributed by atoms with van der Waals surface area (Å²) < 4.78 is 0. The van der Waals surface area contributed by atoms with Crippen LogP contribution in [-0.2, 0) is 0 Å². The smallest absolute Gasteiger partial charge is 0.149 e. The summed E-state index contributed by atoms with van der Waals surface area (Å²) in [6, 6.07) is 0. The van der Waals surface area contributed by atoms with Gasteiger partial charge in [-0.3, -0.25) is 0 Å². The molecule has 52 valence electrons. The third-order valence-corrected chi connectivity index (χ3v) is 2.29. The predicted molar refractivity (Wildman–Crippen MR) is 46.1 cm³/mol. The Balaban J connectivity index is 3.04. The number of allylic oxidation sites excluding steroid dienone is 1. The Morgan fingerprint density at radius 1 is 1.33 bits per heavy atom. The molecule has 0 aliphatic carbocycles. The molecule has 0 rings (SSSR count). The fourth-order valence-electron chi connectivity index (χ4n) is 0.690. The number of rotatable bonds is 4. The van der Waals surface area contributed by atoms with Crippen molar-refractivity contribution in [3.8, 4) is 0 Å². The number of hydrogen-bond acceptors (Lipinski definition) is 0. The summed E-state index contributed by atoms with van der Waals surface area (Å²) in [5, 5.41) is 0. The van der Waals surface area contributed by atoms with Crippen molar-refractivity contribution in [3.63, 3.8) is 0 Å². The van der Waals surface area contributed by atoms with Gasteiger partial charge in [-0.1, -0.05) is 19.8 Å². The third kappa shape index (κ3) is 8.27. The second kappa shape index (κ2) is 6.39. The lowest BCUT2D eigenvalue weighted by Gasteiger charge is -1.88. The maximum absolute atomic E-state index is 2.41. The van der Waals surface area contributed by atoms with E-state index in [0.717, 1.165) is 0 Å². The van der Waals surface area contributed by atoms with E-state index in [1.54, 1.807) is 0 Å². The summed E-state index contributed by atoms with van der Waals surface area (Å²) in [5.74, 6) is 4.70. The quantitative estimate of drug-likeness (QED) is 0.416. The van der Waals surface area contributed by atoms with Crippen molar-refractivity contribution in [2.45, 2.75) is 37.8 Å². The van der Waals surface area contributed by atoms with Crippen LogP contribution in [0.5, 0.6) is 0 Å². The predicted octanol–water partition coefficient (Wildman–Crippen LogP) is 3.03. The molecule has 9 heavy (non-hydrogen) atoms.